The molecular formula is C96H60N4S2. The SMILES string of the molecule is c1ccc(-c2ccc(-n3c4ccccc4c4cc(-c5ccc6c(c5)c5ccccc5n6-c5cccc6sc7ccccc7c56)ccc43)cc2)cc1.c1ccc(-c2ccccc2-n2c3ccccc3c3cc(-c4ccc5c(c4)c4ccccc4n5-c4cccc5c4sc4ccccc45)ccc32)cc1. The van der Waals surface area contributed by atoms with Crippen LogP contribution in [0.4, 0.5) is 0 Å². The number of rotatable bonds is 8. The molecule has 0 fully saturated rings. The van der Waals surface area contributed by atoms with Crippen LogP contribution in [-0.2, 0) is 0 Å². The molecule has 0 saturated carbocycles. The van der Waals surface area contributed by atoms with Gasteiger partial charge in [0.1, 0.15) is 0 Å². The first kappa shape index (κ1) is 58.2. The van der Waals surface area contributed by atoms with Gasteiger partial charge >= 0.3 is 0 Å². The maximum absolute atomic E-state index is 2.47. The monoisotopic (exact) mass is 1330 g/mol. The molecule has 102 heavy (non-hydrogen) atoms. The Hall–Kier alpha value is -12.8. The van der Waals surface area contributed by atoms with Crippen molar-refractivity contribution in [3.8, 4) is 67.3 Å². The predicted molar refractivity (Wildman–Crippen MR) is 438 cm³/mol. The molecule has 22 aromatic rings. The number of aromatic nitrogens is 4. The standard InChI is InChI=1S/2C48H30N2S/c1-2-13-31(14-3-1)34-15-4-8-20-41(34)49-42-21-9-5-16-35(42)39-29-32(25-27-44(39)49)33-26-28-45-40(30-33)36-17-6-10-22-43(36)50(45)46-23-12-19-38-37-18-7-11-24-47(37)51-48(38)46;1-2-11-31(12-3-1)32-21-25-35(26-22-32)49-41-16-7-4-13-36(41)39-29-33(23-27-43(39)49)34-24-28-44-40(30-34)37-14-5-8-17-42(37)50(44)45-18-10-20-47-48(45)38-15-6-9-19-46(38)51-47/h2*1-30H. The van der Waals surface area contributed by atoms with Crippen molar-refractivity contribution >= 4 is 150 Å². The van der Waals surface area contributed by atoms with Crippen molar-refractivity contribution in [3.63, 3.8) is 0 Å². The van der Waals surface area contributed by atoms with Crippen LogP contribution in [0.15, 0.2) is 364 Å². The van der Waals surface area contributed by atoms with Gasteiger partial charge in [-0.25, -0.2) is 0 Å². The molecular weight excluding hydrogens is 1270 g/mol. The Morgan fingerprint density at radius 2 is 0.520 bits per heavy atom. The minimum atomic E-state index is 1.16. The van der Waals surface area contributed by atoms with Crippen molar-refractivity contribution in [1.82, 2.24) is 18.3 Å². The number of hydrogen-bond acceptors (Lipinski definition) is 2. The van der Waals surface area contributed by atoms with Gasteiger partial charge in [0.25, 0.3) is 0 Å². The van der Waals surface area contributed by atoms with E-state index in [1.807, 2.05) is 22.7 Å². The molecule has 0 amide bonds. The van der Waals surface area contributed by atoms with E-state index in [9.17, 15) is 0 Å². The molecule has 6 heteroatoms. The van der Waals surface area contributed by atoms with E-state index in [4.69, 9.17) is 0 Å². The molecule has 6 aromatic heterocycles. The van der Waals surface area contributed by atoms with E-state index in [-0.39, 0.29) is 0 Å². The maximum atomic E-state index is 2.47. The van der Waals surface area contributed by atoms with Crippen molar-refractivity contribution in [1.29, 1.82) is 0 Å². The average molecular weight is 1330 g/mol. The van der Waals surface area contributed by atoms with Crippen molar-refractivity contribution in [3.05, 3.63) is 364 Å². The van der Waals surface area contributed by atoms with Gasteiger partial charge in [0.15, 0.2) is 0 Å². The lowest BCUT2D eigenvalue weighted by molar-refractivity contribution is 1.18. The number of nitrogens with zero attached hydrogens (tertiary/aromatic N) is 4. The molecule has 0 aliphatic rings. The van der Waals surface area contributed by atoms with Crippen LogP contribution >= 0.6 is 22.7 Å². The molecule has 22 rings (SSSR count). The number of thiophene rings is 2. The molecule has 6 heterocycles. The lowest BCUT2D eigenvalue weighted by atomic mass is 10.0. The molecule has 0 aliphatic heterocycles. The second-order valence-corrected chi connectivity index (χ2v) is 28.8. The van der Waals surface area contributed by atoms with E-state index in [1.54, 1.807) is 0 Å². The van der Waals surface area contributed by atoms with Gasteiger partial charge in [0, 0.05) is 90.0 Å². The van der Waals surface area contributed by atoms with Gasteiger partial charge in [-0.15, -0.1) is 22.7 Å². The van der Waals surface area contributed by atoms with Crippen molar-refractivity contribution < 1.29 is 0 Å². The van der Waals surface area contributed by atoms with Crippen LogP contribution in [0.2, 0.25) is 0 Å². The van der Waals surface area contributed by atoms with Crippen molar-refractivity contribution in [2.75, 3.05) is 0 Å². The maximum Gasteiger partial charge on any atom is 0.0640 e. The number of fused-ring (bicyclic) bond motifs is 18. The predicted octanol–water partition coefficient (Wildman–Crippen LogP) is 27.2. The summed E-state index contributed by atoms with van der Waals surface area (Å²) in [5, 5.41) is 15.4. The Labute approximate surface area is 595 Å². The molecule has 0 spiro atoms. The summed E-state index contributed by atoms with van der Waals surface area (Å²) in [6.45, 7) is 0. The highest BCUT2D eigenvalue weighted by atomic mass is 32.1. The fourth-order valence-corrected chi connectivity index (χ4v) is 18.8. The van der Waals surface area contributed by atoms with Crippen LogP contribution in [0, 0.1) is 0 Å². The van der Waals surface area contributed by atoms with Gasteiger partial charge in [0.05, 0.1) is 65.9 Å². The number of para-hydroxylation sites is 5. The second-order valence-electron chi connectivity index (χ2n) is 26.6. The molecule has 0 radical (unpaired) electrons. The Morgan fingerprint density at radius 1 is 0.176 bits per heavy atom. The summed E-state index contributed by atoms with van der Waals surface area (Å²) < 4.78 is 15.0. The fraction of sp³-hybridized carbons (Fsp3) is 0. The van der Waals surface area contributed by atoms with Crippen LogP contribution in [-0.4, -0.2) is 18.3 Å². The molecule has 476 valence electrons. The quantitative estimate of drug-likeness (QED) is 0.144. The van der Waals surface area contributed by atoms with E-state index in [1.165, 1.54) is 189 Å². The fourth-order valence-electron chi connectivity index (χ4n) is 16.5. The van der Waals surface area contributed by atoms with E-state index >= 15 is 0 Å². The normalized spacial score (nSPS) is 11.9. The van der Waals surface area contributed by atoms with Gasteiger partial charge in [-0.1, -0.05) is 243 Å². The molecule has 4 nitrogen and oxygen atoms in total. The van der Waals surface area contributed by atoms with Gasteiger partial charge in [-0.3, -0.25) is 0 Å². The second kappa shape index (κ2) is 23.4. The third-order valence-electron chi connectivity index (χ3n) is 21.1. The Morgan fingerprint density at radius 3 is 1.07 bits per heavy atom. The minimum absolute atomic E-state index is 1.16. The van der Waals surface area contributed by atoms with E-state index in [0.717, 1.165) is 5.69 Å². The smallest absolute Gasteiger partial charge is 0.0640 e. The molecule has 0 aliphatic carbocycles. The number of hydrogen-bond donors (Lipinski definition) is 0. The summed E-state index contributed by atoms with van der Waals surface area (Å²) >= 11 is 3.75. The van der Waals surface area contributed by atoms with Gasteiger partial charge in [-0.05, 0) is 160 Å². The Bertz CT molecular complexity index is 7120. The van der Waals surface area contributed by atoms with E-state index < -0.39 is 0 Å². The zero-order valence-electron chi connectivity index (χ0n) is 55.2. The lowest BCUT2D eigenvalue weighted by Crippen LogP contribution is -1.97. The highest BCUT2D eigenvalue weighted by molar-refractivity contribution is 7.26. The lowest BCUT2D eigenvalue weighted by Gasteiger charge is -2.14. The van der Waals surface area contributed by atoms with Gasteiger partial charge < -0.3 is 18.3 Å². The average Bonchev–Trinajstić information content (AvgIpc) is 1.58. The first-order valence-electron chi connectivity index (χ1n) is 34.9. The van der Waals surface area contributed by atoms with Gasteiger partial charge in [0.2, 0.25) is 0 Å². The Balaban J connectivity index is 0.000000133. The topological polar surface area (TPSA) is 19.7 Å². The molecule has 0 N–H and O–H groups in total. The molecule has 0 atom stereocenters. The summed E-state index contributed by atoms with van der Waals surface area (Å²) in [4.78, 5) is 0. The van der Waals surface area contributed by atoms with Gasteiger partial charge in [-0.2, -0.15) is 0 Å². The first-order chi connectivity index (χ1) is 50.6. The van der Waals surface area contributed by atoms with E-state index in [0.29, 0.717) is 0 Å². The zero-order valence-corrected chi connectivity index (χ0v) is 56.9. The molecule has 16 aromatic carbocycles. The summed E-state index contributed by atoms with van der Waals surface area (Å²) in [5.41, 5.74) is 24.3. The van der Waals surface area contributed by atoms with E-state index in [2.05, 4.69) is 382 Å². The summed E-state index contributed by atoms with van der Waals surface area (Å²) in [7, 11) is 0. The highest BCUT2D eigenvalue weighted by Crippen LogP contribution is 2.46. The third-order valence-corrected chi connectivity index (χ3v) is 23.4. The zero-order chi connectivity index (χ0) is 66.9. The molecule has 0 unspecified atom stereocenters. The van der Waals surface area contributed by atoms with Crippen LogP contribution in [0.5, 0.6) is 0 Å². The molecule has 0 saturated heterocycles. The number of benzene rings is 16. The Kier molecular flexibility index (Phi) is 13.3. The van der Waals surface area contributed by atoms with Crippen molar-refractivity contribution in [2.24, 2.45) is 0 Å². The van der Waals surface area contributed by atoms with Crippen LogP contribution in [0.1, 0.15) is 0 Å². The van der Waals surface area contributed by atoms with Crippen LogP contribution in [0.25, 0.3) is 195 Å². The third kappa shape index (κ3) is 9.13. The summed E-state index contributed by atoms with van der Waals surface area (Å²) in [5.74, 6) is 0. The molecule has 0 bridgehead atoms. The summed E-state index contributed by atoms with van der Waals surface area (Å²) in [6.07, 6.45) is 0. The summed E-state index contributed by atoms with van der Waals surface area (Å²) in [6, 6.07) is 133. The van der Waals surface area contributed by atoms with Crippen molar-refractivity contribution in [2.45, 2.75) is 0 Å². The largest absolute Gasteiger partial charge is 0.309 e. The minimum Gasteiger partial charge on any atom is -0.309 e. The first-order valence-corrected chi connectivity index (χ1v) is 36.5. The van der Waals surface area contributed by atoms with Crippen LogP contribution in [0.3, 0.4) is 0 Å². The highest BCUT2D eigenvalue weighted by Gasteiger charge is 2.23. The van der Waals surface area contributed by atoms with Crippen LogP contribution < -0.4 is 0 Å².